The van der Waals surface area contributed by atoms with Gasteiger partial charge in [-0.3, -0.25) is 0 Å². The molecule has 0 bridgehead atoms. The van der Waals surface area contributed by atoms with Crippen molar-refractivity contribution in [3.63, 3.8) is 0 Å². The summed E-state index contributed by atoms with van der Waals surface area (Å²) in [5.41, 5.74) is 1.56. The second kappa shape index (κ2) is 4.15. The number of nitrogens with zero attached hydrogens (tertiary/aromatic N) is 1. The lowest BCUT2D eigenvalue weighted by Gasteiger charge is -2.22. The predicted octanol–water partition coefficient (Wildman–Crippen LogP) is 2.51. The van der Waals surface area contributed by atoms with E-state index in [4.69, 9.17) is 0 Å². The Bertz CT molecular complexity index is 216. The van der Waals surface area contributed by atoms with E-state index in [1.54, 1.807) is 5.57 Å². The van der Waals surface area contributed by atoms with Crippen LogP contribution < -0.4 is 0 Å². The smallest absolute Gasteiger partial charge is 0.0290 e. The largest absolute Gasteiger partial charge is 0.303 e. The summed E-state index contributed by atoms with van der Waals surface area (Å²) in [5, 5.41) is 0. The number of hydrogen-bond acceptors (Lipinski definition) is 2. The molecule has 68 valence electrons. The molecule has 1 aliphatic carbocycles. The van der Waals surface area contributed by atoms with Gasteiger partial charge in [0.05, 0.1) is 0 Å². The first-order valence-electron chi connectivity index (χ1n) is 4.26. The zero-order chi connectivity index (χ0) is 9.14. The molecule has 0 radical (unpaired) electrons. The summed E-state index contributed by atoms with van der Waals surface area (Å²) >= 11 is 1.85. The molecule has 0 aromatic carbocycles. The number of likely N-dealkylation sites (N-methyl/N-ethyl adjacent to an activating group) is 1. The summed E-state index contributed by atoms with van der Waals surface area (Å²) in [6.45, 7) is 2.26. The number of allylic oxidation sites excluding steroid dienone is 2. The lowest BCUT2D eigenvalue weighted by atomic mass is 10.1. The van der Waals surface area contributed by atoms with Gasteiger partial charge in [0.1, 0.15) is 0 Å². The van der Waals surface area contributed by atoms with Crippen molar-refractivity contribution >= 4 is 11.8 Å². The van der Waals surface area contributed by atoms with Crippen LogP contribution in [0.2, 0.25) is 0 Å². The summed E-state index contributed by atoms with van der Waals surface area (Å²) in [6.07, 6.45) is 7.77. The van der Waals surface area contributed by atoms with E-state index in [2.05, 4.69) is 44.3 Å². The van der Waals surface area contributed by atoms with Crippen molar-refractivity contribution in [2.75, 3.05) is 20.4 Å². The van der Waals surface area contributed by atoms with Gasteiger partial charge in [-0.05, 0) is 39.3 Å². The first kappa shape index (κ1) is 9.87. The van der Waals surface area contributed by atoms with Crippen LogP contribution in [0.4, 0.5) is 0 Å². The summed E-state index contributed by atoms with van der Waals surface area (Å²) < 4.78 is 0. The minimum absolute atomic E-state index is 0.572. The highest BCUT2D eigenvalue weighted by Crippen LogP contribution is 2.30. The Morgan fingerprint density at radius 3 is 2.67 bits per heavy atom. The molecule has 0 N–H and O–H groups in total. The molecule has 0 aromatic heterocycles. The minimum Gasteiger partial charge on any atom is -0.303 e. The summed E-state index contributed by atoms with van der Waals surface area (Å²) in [6, 6.07) is 0.572. The molecule has 0 heterocycles. The molecule has 12 heavy (non-hydrogen) atoms. The van der Waals surface area contributed by atoms with E-state index >= 15 is 0 Å². The monoisotopic (exact) mass is 183 g/mol. The van der Waals surface area contributed by atoms with Gasteiger partial charge in [-0.15, -0.1) is 11.8 Å². The molecule has 1 nitrogen and oxygen atoms in total. The number of hydrogen-bond donors (Lipinski definition) is 0. The fourth-order valence-corrected chi connectivity index (χ4v) is 2.14. The van der Waals surface area contributed by atoms with Gasteiger partial charge in [0, 0.05) is 10.9 Å². The quantitative estimate of drug-likeness (QED) is 0.661. The van der Waals surface area contributed by atoms with Gasteiger partial charge in [0.2, 0.25) is 0 Å². The third kappa shape index (κ3) is 1.93. The van der Waals surface area contributed by atoms with Crippen LogP contribution in [0, 0.1) is 0 Å². The SMILES string of the molecule is CSC1=C(C(C)N(C)C)CC=C1. The van der Waals surface area contributed by atoms with Crippen molar-refractivity contribution in [3.8, 4) is 0 Å². The van der Waals surface area contributed by atoms with E-state index in [0.717, 1.165) is 6.42 Å². The molecular formula is C10H17NS. The van der Waals surface area contributed by atoms with E-state index < -0.39 is 0 Å². The van der Waals surface area contributed by atoms with Gasteiger partial charge in [0.25, 0.3) is 0 Å². The topological polar surface area (TPSA) is 3.24 Å². The maximum absolute atomic E-state index is 2.26. The first-order valence-corrected chi connectivity index (χ1v) is 5.49. The standard InChI is InChI=1S/C10H17NS/c1-8(11(2)3)9-6-5-7-10(9)12-4/h5,7-8H,6H2,1-4H3. The number of thioether (sulfide) groups is 1. The van der Waals surface area contributed by atoms with Crippen molar-refractivity contribution in [2.24, 2.45) is 0 Å². The molecule has 0 spiro atoms. The van der Waals surface area contributed by atoms with Crippen LogP contribution >= 0.6 is 11.8 Å². The van der Waals surface area contributed by atoms with Crippen LogP contribution in [0.1, 0.15) is 13.3 Å². The zero-order valence-corrected chi connectivity index (χ0v) is 9.11. The minimum atomic E-state index is 0.572. The second-order valence-electron chi connectivity index (χ2n) is 3.34. The fraction of sp³-hybridized carbons (Fsp3) is 0.600. The lowest BCUT2D eigenvalue weighted by Crippen LogP contribution is -2.26. The number of rotatable bonds is 3. The Morgan fingerprint density at radius 2 is 2.17 bits per heavy atom. The molecule has 1 unspecified atom stereocenters. The van der Waals surface area contributed by atoms with E-state index in [-0.39, 0.29) is 0 Å². The van der Waals surface area contributed by atoms with Crippen molar-refractivity contribution < 1.29 is 0 Å². The molecule has 0 saturated carbocycles. The Labute approximate surface area is 79.5 Å². The maximum Gasteiger partial charge on any atom is 0.0290 e. The zero-order valence-electron chi connectivity index (χ0n) is 8.29. The summed E-state index contributed by atoms with van der Waals surface area (Å²) in [4.78, 5) is 3.72. The first-order chi connectivity index (χ1) is 5.66. The predicted molar refractivity (Wildman–Crippen MR) is 57.4 cm³/mol. The Hall–Kier alpha value is -0.210. The van der Waals surface area contributed by atoms with Crippen LogP contribution in [0.25, 0.3) is 0 Å². The van der Waals surface area contributed by atoms with Crippen molar-refractivity contribution in [3.05, 3.63) is 22.6 Å². The molecule has 0 aromatic rings. The van der Waals surface area contributed by atoms with Gasteiger partial charge in [-0.1, -0.05) is 12.2 Å². The molecule has 1 rings (SSSR count). The highest BCUT2D eigenvalue weighted by atomic mass is 32.2. The van der Waals surface area contributed by atoms with Crippen LogP contribution in [-0.4, -0.2) is 31.3 Å². The van der Waals surface area contributed by atoms with E-state index in [1.165, 1.54) is 4.91 Å². The maximum atomic E-state index is 2.26. The Balaban J connectivity index is 2.75. The second-order valence-corrected chi connectivity index (χ2v) is 4.19. The molecule has 1 atom stereocenters. The molecular weight excluding hydrogens is 166 g/mol. The Kier molecular flexibility index (Phi) is 3.41. The van der Waals surface area contributed by atoms with Crippen molar-refractivity contribution in [1.29, 1.82) is 0 Å². The van der Waals surface area contributed by atoms with Gasteiger partial charge < -0.3 is 4.90 Å². The third-order valence-electron chi connectivity index (χ3n) is 2.42. The highest BCUT2D eigenvalue weighted by Gasteiger charge is 2.16. The van der Waals surface area contributed by atoms with Crippen molar-refractivity contribution in [2.45, 2.75) is 19.4 Å². The molecule has 0 amide bonds. The summed E-state index contributed by atoms with van der Waals surface area (Å²) in [5.74, 6) is 0. The molecule has 0 saturated heterocycles. The van der Waals surface area contributed by atoms with Crippen LogP contribution in [0.3, 0.4) is 0 Å². The van der Waals surface area contributed by atoms with E-state index in [9.17, 15) is 0 Å². The van der Waals surface area contributed by atoms with Gasteiger partial charge >= 0.3 is 0 Å². The van der Waals surface area contributed by atoms with E-state index in [0.29, 0.717) is 6.04 Å². The lowest BCUT2D eigenvalue weighted by molar-refractivity contribution is 0.348. The average molecular weight is 183 g/mol. The highest BCUT2D eigenvalue weighted by molar-refractivity contribution is 8.02. The average Bonchev–Trinajstić information content (AvgIpc) is 2.49. The molecule has 0 fully saturated rings. The molecule has 1 aliphatic rings. The molecule has 2 heteroatoms. The third-order valence-corrected chi connectivity index (χ3v) is 3.26. The van der Waals surface area contributed by atoms with Gasteiger partial charge in [0.15, 0.2) is 0 Å². The van der Waals surface area contributed by atoms with Crippen LogP contribution in [0.5, 0.6) is 0 Å². The van der Waals surface area contributed by atoms with Crippen LogP contribution in [-0.2, 0) is 0 Å². The Morgan fingerprint density at radius 1 is 1.50 bits per heavy atom. The van der Waals surface area contributed by atoms with E-state index in [1.807, 2.05) is 11.8 Å². The van der Waals surface area contributed by atoms with Gasteiger partial charge in [-0.2, -0.15) is 0 Å². The van der Waals surface area contributed by atoms with Gasteiger partial charge in [-0.25, -0.2) is 0 Å². The fourth-order valence-electron chi connectivity index (χ4n) is 1.39. The molecule has 0 aliphatic heterocycles. The normalized spacial score (nSPS) is 19.4. The van der Waals surface area contributed by atoms with Crippen molar-refractivity contribution in [1.82, 2.24) is 4.90 Å². The summed E-state index contributed by atoms with van der Waals surface area (Å²) in [7, 11) is 4.27. The van der Waals surface area contributed by atoms with Crippen LogP contribution in [0.15, 0.2) is 22.6 Å².